The van der Waals surface area contributed by atoms with Crippen LogP contribution < -0.4 is 20.9 Å². The van der Waals surface area contributed by atoms with E-state index < -0.39 is 0 Å². The van der Waals surface area contributed by atoms with Crippen molar-refractivity contribution < 1.29 is 9.59 Å². The maximum atomic E-state index is 12.3. The molecule has 0 spiro atoms. The van der Waals surface area contributed by atoms with E-state index in [1.165, 1.54) is 5.56 Å². The second-order valence-corrected chi connectivity index (χ2v) is 7.80. The van der Waals surface area contributed by atoms with Crippen molar-refractivity contribution in [2.45, 2.75) is 20.0 Å². The molecule has 0 saturated carbocycles. The molecule has 30 heavy (non-hydrogen) atoms. The molecule has 0 aromatic heterocycles. The molecule has 1 saturated heterocycles. The van der Waals surface area contributed by atoms with E-state index in [2.05, 4.69) is 47.0 Å². The highest BCUT2D eigenvalue weighted by molar-refractivity contribution is 6.33. The number of carbonyl (C=O) groups excluding carboxylic acids is 2. The van der Waals surface area contributed by atoms with E-state index in [4.69, 9.17) is 11.6 Å². The molecular formula is C22H28ClN5O2. The molecule has 0 radical (unpaired) electrons. The van der Waals surface area contributed by atoms with Crippen LogP contribution in [0.15, 0.2) is 42.5 Å². The van der Waals surface area contributed by atoms with E-state index in [1.807, 2.05) is 23.1 Å². The van der Waals surface area contributed by atoms with E-state index in [0.717, 1.165) is 24.3 Å². The summed E-state index contributed by atoms with van der Waals surface area (Å²) in [4.78, 5) is 28.0. The van der Waals surface area contributed by atoms with Gasteiger partial charge in [0.2, 0.25) is 5.91 Å². The minimum Gasteiger partial charge on any atom is -0.359 e. The first-order chi connectivity index (χ1) is 14.4. The van der Waals surface area contributed by atoms with Crippen LogP contribution >= 0.6 is 11.6 Å². The van der Waals surface area contributed by atoms with E-state index >= 15 is 0 Å². The SMILES string of the molecule is CCN(C)Cc1cccc(CNC(=O)Nc2ccc(N3CCNC(=O)C3)c(Cl)c2)c1. The van der Waals surface area contributed by atoms with Crippen molar-refractivity contribution in [1.29, 1.82) is 0 Å². The van der Waals surface area contributed by atoms with Crippen LogP contribution in [0.5, 0.6) is 0 Å². The number of nitrogens with one attached hydrogen (secondary N) is 3. The topological polar surface area (TPSA) is 76.7 Å². The maximum Gasteiger partial charge on any atom is 0.319 e. The molecule has 1 heterocycles. The average molecular weight is 430 g/mol. The lowest BCUT2D eigenvalue weighted by molar-refractivity contribution is -0.120. The maximum absolute atomic E-state index is 12.3. The molecule has 3 rings (SSSR count). The first kappa shape index (κ1) is 21.9. The summed E-state index contributed by atoms with van der Waals surface area (Å²) in [5, 5.41) is 8.97. The molecular weight excluding hydrogens is 402 g/mol. The monoisotopic (exact) mass is 429 g/mol. The number of urea groups is 1. The minimum atomic E-state index is -0.299. The van der Waals surface area contributed by atoms with Gasteiger partial charge in [0.25, 0.3) is 0 Å². The average Bonchev–Trinajstić information content (AvgIpc) is 2.72. The van der Waals surface area contributed by atoms with Crippen molar-refractivity contribution in [3.63, 3.8) is 0 Å². The summed E-state index contributed by atoms with van der Waals surface area (Å²) in [6.07, 6.45) is 0. The molecule has 2 aromatic carbocycles. The Hall–Kier alpha value is -2.77. The quantitative estimate of drug-likeness (QED) is 0.632. The van der Waals surface area contributed by atoms with Crippen molar-refractivity contribution in [2.75, 3.05) is 43.4 Å². The summed E-state index contributed by atoms with van der Waals surface area (Å²) in [6.45, 7) is 5.98. The number of nitrogens with zero attached hydrogens (tertiary/aromatic N) is 2. The number of amides is 3. The Labute approximate surface area is 182 Å². The minimum absolute atomic E-state index is 0.0238. The molecule has 0 bridgehead atoms. The molecule has 0 atom stereocenters. The lowest BCUT2D eigenvalue weighted by Gasteiger charge is -2.29. The number of benzene rings is 2. The van der Waals surface area contributed by atoms with Gasteiger partial charge in [-0.1, -0.05) is 42.8 Å². The van der Waals surface area contributed by atoms with E-state index in [9.17, 15) is 9.59 Å². The van der Waals surface area contributed by atoms with Crippen LogP contribution in [-0.4, -0.2) is 50.1 Å². The zero-order chi connectivity index (χ0) is 21.5. The van der Waals surface area contributed by atoms with Gasteiger partial charge in [-0.05, 0) is 42.9 Å². The second-order valence-electron chi connectivity index (χ2n) is 7.40. The molecule has 3 N–H and O–H groups in total. The van der Waals surface area contributed by atoms with Gasteiger partial charge in [-0.2, -0.15) is 0 Å². The van der Waals surface area contributed by atoms with Crippen molar-refractivity contribution >= 4 is 34.9 Å². The Morgan fingerprint density at radius 2 is 2.03 bits per heavy atom. The van der Waals surface area contributed by atoms with E-state index in [0.29, 0.717) is 30.3 Å². The van der Waals surface area contributed by atoms with Gasteiger partial charge < -0.3 is 25.8 Å². The summed E-state index contributed by atoms with van der Waals surface area (Å²) in [6, 6.07) is 13.2. The zero-order valence-corrected chi connectivity index (χ0v) is 18.1. The fraction of sp³-hybridized carbons (Fsp3) is 0.364. The van der Waals surface area contributed by atoms with Gasteiger partial charge in [0, 0.05) is 31.9 Å². The number of anilines is 2. The van der Waals surface area contributed by atoms with Crippen LogP contribution in [0.2, 0.25) is 5.02 Å². The molecule has 1 fully saturated rings. The molecule has 0 unspecified atom stereocenters. The summed E-state index contributed by atoms with van der Waals surface area (Å²) in [5.74, 6) is -0.0238. The Morgan fingerprint density at radius 3 is 2.77 bits per heavy atom. The van der Waals surface area contributed by atoms with Crippen LogP contribution in [0.4, 0.5) is 16.2 Å². The smallest absolute Gasteiger partial charge is 0.319 e. The van der Waals surface area contributed by atoms with Gasteiger partial charge in [0.1, 0.15) is 0 Å². The molecule has 1 aliphatic heterocycles. The number of hydrogen-bond acceptors (Lipinski definition) is 4. The molecule has 0 aliphatic carbocycles. The standard InChI is InChI=1S/C22H28ClN5O2/c1-3-27(2)14-17-6-4-5-16(11-17)13-25-22(30)26-18-7-8-20(19(23)12-18)28-10-9-24-21(29)15-28/h4-8,11-12H,3,9-10,13-15H2,1-2H3,(H,24,29)(H2,25,26,30). The van der Waals surface area contributed by atoms with Crippen molar-refractivity contribution in [2.24, 2.45) is 0 Å². The number of halogens is 1. The van der Waals surface area contributed by atoms with Crippen LogP contribution in [0.3, 0.4) is 0 Å². The van der Waals surface area contributed by atoms with Crippen molar-refractivity contribution in [1.82, 2.24) is 15.5 Å². The third kappa shape index (κ3) is 6.11. The molecule has 8 heteroatoms. The predicted molar refractivity (Wildman–Crippen MR) is 121 cm³/mol. The van der Waals surface area contributed by atoms with Gasteiger partial charge in [0.15, 0.2) is 0 Å². The summed E-state index contributed by atoms with van der Waals surface area (Å²) >= 11 is 6.39. The van der Waals surface area contributed by atoms with Gasteiger partial charge in [-0.15, -0.1) is 0 Å². The van der Waals surface area contributed by atoms with Crippen LogP contribution in [0.1, 0.15) is 18.1 Å². The van der Waals surface area contributed by atoms with Gasteiger partial charge >= 0.3 is 6.03 Å². The molecule has 2 aromatic rings. The lowest BCUT2D eigenvalue weighted by atomic mass is 10.1. The van der Waals surface area contributed by atoms with Crippen LogP contribution in [-0.2, 0) is 17.9 Å². The number of carbonyl (C=O) groups is 2. The number of rotatable bonds is 7. The summed E-state index contributed by atoms with van der Waals surface area (Å²) in [7, 11) is 2.08. The lowest BCUT2D eigenvalue weighted by Crippen LogP contribution is -2.47. The molecule has 1 aliphatic rings. The number of piperazine rings is 1. The van der Waals surface area contributed by atoms with Crippen LogP contribution in [0, 0.1) is 0 Å². The molecule has 160 valence electrons. The predicted octanol–water partition coefficient (Wildman–Crippen LogP) is 3.05. The van der Waals surface area contributed by atoms with Crippen molar-refractivity contribution in [3.05, 3.63) is 58.6 Å². The molecule has 7 nitrogen and oxygen atoms in total. The second kappa shape index (κ2) is 10.3. The fourth-order valence-corrected chi connectivity index (χ4v) is 3.60. The highest BCUT2D eigenvalue weighted by Crippen LogP contribution is 2.29. The van der Waals surface area contributed by atoms with Crippen LogP contribution in [0.25, 0.3) is 0 Å². The van der Waals surface area contributed by atoms with Gasteiger partial charge in [-0.25, -0.2) is 4.79 Å². The highest BCUT2D eigenvalue weighted by Gasteiger charge is 2.18. The third-order valence-electron chi connectivity index (χ3n) is 5.02. The first-order valence-corrected chi connectivity index (χ1v) is 10.4. The Kier molecular flexibility index (Phi) is 7.54. The summed E-state index contributed by atoms with van der Waals surface area (Å²) < 4.78 is 0. The first-order valence-electron chi connectivity index (χ1n) is 10.1. The highest BCUT2D eigenvalue weighted by atomic mass is 35.5. The van der Waals surface area contributed by atoms with Gasteiger partial charge in [0.05, 0.1) is 17.3 Å². The fourth-order valence-electron chi connectivity index (χ4n) is 3.30. The normalized spacial score (nSPS) is 13.9. The third-order valence-corrected chi connectivity index (χ3v) is 5.32. The molecule has 3 amide bonds. The van der Waals surface area contributed by atoms with E-state index in [1.54, 1.807) is 12.1 Å². The number of hydrogen-bond donors (Lipinski definition) is 3. The Morgan fingerprint density at radius 1 is 1.23 bits per heavy atom. The van der Waals surface area contributed by atoms with E-state index in [-0.39, 0.29) is 18.5 Å². The summed E-state index contributed by atoms with van der Waals surface area (Å²) in [5.41, 5.74) is 3.64. The zero-order valence-electron chi connectivity index (χ0n) is 17.4. The van der Waals surface area contributed by atoms with Gasteiger partial charge in [-0.3, -0.25) is 4.79 Å². The van der Waals surface area contributed by atoms with Crippen molar-refractivity contribution in [3.8, 4) is 0 Å². The Balaban J connectivity index is 1.54. The largest absolute Gasteiger partial charge is 0.359 e. The Bertz CT molecular complexity index is 905.